The number of hydrogen-bond acceptors (Lipinski definition) is 9. The van der Waals surface area contributed by atoms with Crippen molar-refractivity contribution in [2.24, 2.45) is 0 Å². The van der Waals surface area contributed by atoms with Gasteiger partial charge in [-0.15, -0.1) is 0 Å². The summed E-state index contributed by atoms with van der Waals surface area (Å²) in [4.78, 5) is 21.0. The van der Waals surface area contributed by atoms with E-state index in [2.05, 4.69) is 15.3 Å². The second kappa shape index (κ2) is 10.4. The number of nitrogens with one attached hydrogen (secondary N) is 2. The molecule has 5 atom stereocenters. The molecule has 38 heavy (non-hydrogen) atoms. The molecule has 0 saturated heterocycles. The van der Waals surface area contributed by atoms with Gasteiger partial charge in [-0.1, -0.05) is 0 Å². The number of nitrogens with zero attached hydrogens (tertiary/aromatic N) is 3. The van der Waals surface area contributed by atoms with Gasteiger partial charge in [0.15, 0.2) is 5.78 Å². The lowest BCUT2D eigenvalue weighted by Gasteiger charge is -2.17. The first-order chi connectivity index (χ1) is 17.8. The molecule has 206 valence electrons. The molecular formula is C22H23F4N5O6S. The SMILES string of the molecule is CNS(=O)(=O)O[C@@H]1C[C@@H](Nc2ncncc2C(=O)c2ccn([C@@H](C)c3ccc(C(F)(F)F)o3)c2)[C@@H](F)[C@@H]1O. The molecule has 1 fully saturated rings. The largest absolute Gasteiger partial charge is 0.454 e. The van der Waals surface area contributed by atoms with E-state index in [9.17, 15) is 35.9 Å². The van der Waals surface area contributed by atoms with E-state index in [0.717, 1.165) is 19.4 Å². The molecule has 1 saturated carbocycles. The van der Waals surface area contributed by atoms with Crippen molar-refractivity contribution in [3.05, 3.63) is 65.8 Å². The first kappa shape index (κ1) is 27.7. The zero-order valence-corrected chi connectivity index (χ0v) is 20.7. The van der Waals surface area contributed by atoms with Crippen LogP contribution >= 0.6 is 0 Å². The summed E-state index contributed by atoms with van der Waals surface area (Å²) in [6.07, 6.45) is -4.77. The van der Waals surface area contributed by atoms with Crippen LogP contribution in [-0.4, -0.2) is 65.3 Å². The van der Waals surface area contributed by atoms with Crippen LogP contribution in [0.1, 0.15) is 46.8 Å². The molecule has 3 aromatic heterocycles. The first-order valence-corrected chi connectivity index (χ1v) is 12.6. The van der Waals surface area contributed by atoms with Gasteiger partial charge in [0.2, 0.25) is 5.76 Å². The summed E-state index contributed by atoms with van der Waals surface area (Å²) >= 11 is 0. The number of anilines is 1. The van der Waals surface area contributed by atoms with Gasteiger partial charge in [-0.3, -0.25) is 8.98 Å². The molecular weight excluding hydrogens is 538 g/mol. The average Bonchev–Trinajstić information content (AvgIpc) is 3.61. The smallest absolute Gasteiger partial charge is 0.449 e. The van der Waals surface area contributed by atoms with Gasteiger partial charge < -0.3 is 19.4 Å². The highest BCUT2D eigenvalue weighted by Crippen LogP contribution is 2.33. The topological polar surface area (TPSA) is 149 Å². The third-order valence-corrected chi connectivity index (χ3v) is 7.10. The van der Waals surface area contributed by atoms with Crippen LogP contribution in [0.2, 0.25) is 0 Å². The third-order valence-electron chi connectivity index (χ3n) is 6.10. The molecule has 1 aliphatic carbocycles. The molecule has 3 aromatic rings. The lowest BCUT2D eigenvalue weighted by atomic mass is 10.1. The van der Waals surface area contributed by atoms with E-state index in [1.54, 1.807) is 6.92 Å². The van der Waals surface area contributed by atoms with Gasteiger partial charge in [-0.2, -0.15) is 26.3 Å². The van der Waals surface area contributed by atoms with Gasteiger partial charge in [0, 0.05) is 37.6 Å². The number of rotatable bonds is 9. The molecule has 0 amide bonds. The van der Waals surface area contributed by atoms with Crippen molar-refractivity contribution in [3.63, 3.8) is 0 Å². The molecule has 0 spiro atoms. The number of furan rings is 1. The van der Waals surface area contributed by atoms with E-state index >= 15 is 0 Å². The van der Waals surface area contributed by atoms with Crippen LogP contribution < -0.4 is 10.0 Å². The molecule has 4 rings (SSSR count). The second-order valence-corrected chi connectivity index (χ2v) is 10.1. The van der Waals surface area contributed by atoms with Gasteiger partial charge in [0.05, 0.1) is 17.6 Å². The number of hydrogen-bond donors (Lipinski definition) is 3. The van der Waals surface area contributed by atoms with Crippen molar-refractivity contribution in [3.8, 4) is 0 Å². The number of alkyl halides is 4. The summed E-state index contributed by atoms with van der Waals surface area (Å²) in [7, 11) is -3.10. The Hall–Kier alpha value is -3.34. The second-order valence-electron chi connectivity index (χ2n) is 8.55. The van der Waals surface area contributed by atoms with Gasteiger partial charge in [0.1, 0.15) is 36.3 Å². The van der Waals surface area contributed by atoms with E-state index in [-0.39, 0.29) is 29.1 Å². The van der Waals surface area contributed by atoms with Crippen molar-refractivity contribution in [1.82, 2.24) is 19.3 Å². The van der Waals surface area contributed by atoms with Gasteiger partial charge in [-0.25, -0.2) is 14.4 Å². The summed E-state index contributed by atoms with van der Waals surface area (Å²) in [5.41, 5.74) is 0.0889. The van der Waals surface area contributed by atoms with E-state index in [0.29, 0.717) is 0 Å². The Balaban J connectivity index is 1.51. The summed E-state index contributed by atoms with van der Waals surface area (Å²) in [5, 5.41) is 12.8. The molecule has 0 aliphatic heterocycles. The van der Waals surface area contributed by atoms with Crippen LogP contribution in [0, 0.1) is 0 Å². The van der Waals surface area contributed by atoms with Crippen LogP contribution in [0.4, 0.5) is 23.4 Å². The highest BCUT2D eigenvalue weighted by Gasteiger charge is 2.46. The maximum atomic E-state index is 14.8. The predicted octanol–water partition coefficient (Wildman–Crippen LogP) is 2.46. The molecule has 0 aromatic carbocycles. The summed E-state index contributed by atoms with van der Waals surface area (Å²) < 4.78 is 89.7. The highest BCUT2D eigenvalue weighted by molar-refractivity contribution is 7.84. The van der Waals surface area contributed by atoms with Crippen LogP contribution in [0.25, 0.3) is 0 Å². The van der Waals surface area contributed by atoms with Gasteiger partial charge in [0.25, 0.3) is 0 Å². The normalized spacial score (nSPS) is 22.9. The molecule has 0 unspecified atom stereocenters. The summed E-state index contributed by atoms with van der Waals surface area (Å²) in [6.45, 7) is 1.59. The summed E-state index contributed by atoms with van der Waals surface area (Å²) in [6, 6.07) is 1.64. The molecule has 11 nitrogen and oxygen atoms in total. The van der Waals surface area contributed by atoms with E-state index in [1.165, 1.54) is 35.3 Å². The maximum Gasteiger partial charge on any atom is 0.449 e. The Kier molecular flexibility index (Phi) is 7.60. The van der Waals surface area contributed by atoms with E-state index in [4.69, 9.17) is 8.60 Å². The fourth-order valence-corrected chi connectivity index (χ4v) is 4.63. The maximum absolute atomic E-state index is 14.8. The number of aliphatic hydroxyl groups is 1. The molecule has 16 heteroatoms. The number of halogens is 4. The first-order valence-electron chi connectivity index (χ1n) is 11.2. The summed E-state index contributed by atoms with van der Waals surface area (Å²) in [5.74, 6) is -1.75. The van der Waals surface area contributed by atoms with Crippen LogP contribution in [0.5, 0.6) is 0 Å². The Morgan fingerprint density at radius 3 is 2.71 bits per heavy atom. The number of aliphatic hydroxyl groups excluding tert-OH is 1. The lowest BCUT2D eigenvalue weighted by molar-refractivity contribution is -0.153. The number of aromatic nitrogens is 3. The Bertz CT molecular complexity index is 1410. The van der Waals surface area contributed by atoms with Crippen molar-refractivity contribution >= 4 is 21.9 Å². The standard InChI is InChI=1S/C22H23F4N5O6S/c1-11(15-3-4-17(36-15)22(24,25)26)31-6-5-12(9-31)19(32)13-8-28-10-29-21(13)30-14-7-16(20(33)18(14)23)37-38(34,35)27-2/h3-6,8-11,14,16,18,20,27,33H,7H2,1-2H3,(H,28,29,30)/t11-,14+,16+,18+,20+/m0/s1. The average molecular weight is 562 g/mol. The van der Waals surface area contributed by atoms with Crippen molar-refractivity contribution < 1.29 is 44.5 Å². The molecule has 3 N–H and O–H groups in total. The Morgan fingerprint density at radius 2 is 2.05 bits per heavy atom. The minimum absolute atomic E-state index is 0.0307. The number of carbonyl (C=O) groups is 1. The van der Waals surface area contributed by atoms with E-state index in [1.807, 2.05) is 4.72 Å². The lowest BCUT2D eigenvalue weighted by Crippen LogP contribution is -2.35. The monoisotopic (exact) mass is 561 g/mol. The molecule has 0 bridgehead atoms. The fourth-order valence-electron chi connectivity index (χ4n) is 4.02. The number of ketones is 1. The zero-order valence-electron chi connectivity index (χ0n) is 19.9. The van der Waals surface area contributed by atoms with E-state index < -0.39 is 58.5 Å². The highest BCUT2D eigenvalue weighted by atomic mass is 32.2. The van der Waals surface area contributed by atoms with Crippen LogP contribution in [-0.2, 0) is 20.7 Å². The van der Waals surface area contributed by atoms with Crippen molar-refractivity contribution in [1.29, 1.82) is 0 Å². The molecule has 0 radical (unpaired) electrons. The quantitative estimate of drug-likeness (QED) is 0.265. The van der Waals surface area contributed by atoms with Crippen LogP contribution in [0.3, 0.4) is 0 Å². The minimum Gasteiger partial charge on any atom is -0.454 e. The minimum atomic E-state index is -4.63. The fraction of sp³-hybridized carbons (Fsp3) is 0.409. The molecule has 1 aliphatic rings. The van der Waals surface area contributed by atoms with Gasteiger partial charge >= 0.3 is 16.5 Å². The zero-order chi connectivity index (χ0) is 27.8. The Morgan fingerprint density at radius 1 is 1.32 bits per heavy atom. The van der Waals surface area contributed by atoms with Gasteiger partial charge in [-0.05, 0) is 25.1 Å². The third kappa shape index (κ3) is 5.72. The Labute approximate surface area is 214 Å². The predicted molar refractivity (Wildman–Crippen MR) is 123 cm³/mol. The van der Waals surface area contributed by atoms with Crippen molar-refractivity contribution in [2.45, 2.75) is 50.0 Å². The number of carbonyl (C=O) groups excluding carboxylic acids is 1. The molecule has 3 heterocycles. The van der Waals surface area contributed by atoms with Crippen LogP contribution in [0.15, 0.2) is 47.5 Å². The van der Waals surface area contributed by atoms with Crippen molar-refractivity contribution in [2.75, 3.05) is 12.4 Å².